The maximum Gasteiger partial charge on any atom is 0.306 e. The Morgan fingerprint density at radius 1 is 1.47 bits per heavy atom. The first kappa shape index (κ1) is 13.4. The summed E-state index contributed by atoms with van der Waals surface area (Å²) in [5, 5.41) is 9.40. The van der Waals surface area contributed by atoms with Crippen LogP contribution in [0.15, 0.2) is 18.2 Å². The number of carbonyl (C=O) groups excluding carboxylic acids is 1. The molecule has 0 bridgehead atoms. The van der Waals surface area contributed by atoms with Crippen LogP contribution in [0.25, 0.3) is 0 Å². The van der Waals surface area contributed by atoms with Crippen molar-refractivity contribution in [2.24, 2.45) is 0 Å². The first-order chi connectivity index (χ1) is 8.13. The molecule has 1 aromatic rings. The van der Waals surface area contributed by atoms with Crippen LogP contribution in [-0.2, 0) is 16.0 Å². The van der Waals surface area contributed by atoms with E-state index in [-0.39, 0.29) is 11.7 Å². The Morgan fingerprint density at radius 3 is 2.88 bits per heavy atom. The van der Waals surface area contributed by atoms with Gasteiger partial charge in [-0.1, -0.05) is 19.4 Å². The van der Waals surface area contributed by atoms with Gasteiger partial charge in [-0.25, -0.2) is 0 Å². The van der Waals surface area contributed by atoms with Gasteiger partial charge in [0.1, 0.15) is 5.75 Å². The summed E-state index contributed by atoms with van der Waals surface area (Å²) in [5.74, 6) is -0.142. The third-order valence-electron chi connectivity index (χ3n) is 2.47. The number of hydrogen-bond donors (Lipinski definition) is 2. The molecule has 0 aliphatic heterocycles. The summed E-state index contributed by atoms with van der Waals surface area (Å²) in [4.78, 5) is 11.3. The van der Waals surface area contributed by atoms with Gasteiger partial charge in [-0.3, -0.25) is 4.79 Å². The van der Waals surface area contributed by atoms with E-state index in [0.717, 1.165) is 18.4 Å². The zero-order valence-electron chi connectivity index (χ0n) is 10.1. The molecule has 17 heavy (non-hydrogen) atoms. The quantitative estimate of drug-likeness (QED) is 0.344. The summed E-state index contributed by atoms with van der Waals surface area (Å²) < 4.78 is 5.03. The molecule has 0 radical (unpaired) electrons. The lowest BCUT2D eigenvalue weighted by Gasteiger charge is -2.05. The minimum Gasteiger partial charge on any atom is -0.506 e. The zero-order valence-corrected chi connectivity index (χ0v) is 10.1. The van der Waals surface area contributed by atoms with Crippen molar-refractivity contribution in [3.8, 4) is 5.75 Å². The number of carbonyl (C=O) groups is 1. The lowest BCUT2D eigenvalue weighted by atomic mass is 10.1. The highest BCUT2D eigenvalue weighted by atomic mass is 16.5. The Morgan fingerprint density at radius 2 is 2.24 bits per heavy atom. The third-order valence-corrected chi connectivity index (χ3v) is 2.47. The number of rotatable bonds is 6. The van der Waals surface area contributed by atoms with Gasteiger partial charge in [0.25, 0.3) is 0 Å². The number of ether oxygens (including phenoxy) is 1. The minimum absolute atomic E-state index is 0.0573. The van der Waals surface area contributed by atoms with Crippen molar-refractivity contribution in [1.82, 2.24) is 0 Å². The van der Waals surface area contributed by atoms with Crippen molar-refractivity contribution in [3.63, 3.8) is 0 Å². The Kier molecular flexibility index (Phi) is 5.33. The van der Waals surface area contributed by atoms with E-state index in [1.807, 2.05) is 6.92 Å². The van der Waals surface area contributed by atoms with Gasteiger partial charge in [-0.05, 0) is 30.5 Å². The van der Waals surface area contributed by atoms with Gasteiger partial charge in [0, 0.05) is 6.42 Å². The van der Waals surface area contributed by atoms with E-state index in [1.165, 1.54) is 0 Å². The van der Waals surface area contributed by atoms with E-state index in [4.69, 9.17) is 10.5 Å². The van der Waals surface area contributed by atoms with Crippen LogP contribution in [0, 0.1) is 0 Å². The molecule has 3 N–H and O–H groups in total. The Bertz CT molecular complexity index is 377. The molecule has 1 rings (SSSR count). The highest BCUT2D eigenvalue weighted by molar-refractivity contribution is 5.69. The smallest absolute Gasteiger partial charge is 0.306 e. The molecule has 0 aliphatic carbocycles. The molecule has 0 saturated heterocycles. The summed E-state index contributed by atoms with van der Waals surface area (Å²) >= 11 is 0. The minimum atomic E-state index is -0.199. The summed E-state index contributed by atoms with van der Waals surface area (Å²) in [6, 6.07) is 5.01. The van der Waals surface area contributed by atoms with Crippen LogP contribution >= 0.6 is 0 Å². The van der Waals surface area contributed by atoms with Crippen LogP contribution in [-0.4, -0.2) is 17.7 Å². The highest BCUT2D eigenvalue weighted by Crippen LogP contribution is 2.21. The number of hydrogen-bond acceptors (Lipinski definition) is 4. The van der Waals surface area contributed by atoms with Gasteiger partial charge in [0.2, 0.25) is 0 Å². The topological polar surface area (TPSA) is 72.5 Å². The Hall–Kier alpha value is -1.71. The highest BCUT2D eigenvalue weighted by Gasteiger charge is 2.05. The van der Waals surface area contributed by atoms with E-state index in [1.54, 1.807) is 18.2 Å². The maximum atomic E-state index is 11.3. The monoisotopic (exact) mass is 237 g/mol. The van der Waals surface area contributed by atoms with Crippen molar-refractivity contribution >= 4 is 11.7 Å². The van der Waals surface area contributed by atoms with Gasteiger partial charge < -0.3 is 15.6 Å². The average molecular weight is 237 g/mol. The number of unbranched alkanes of at least 4 members (excludes halogenated alkanes) is 1. The second kappa shape index (κ2) is 6.78. The normalized spacial score (nSPS) is 10.2. The summed E-state index contributed by atoms with van der Waals surface area (Å²) in [6.45, 7) is 2.54. The molecule has 0 unspecified atom stereocenters. The standard InChI is InChI=1S/C13H19NO3/c1-2-3-8-17-13(16)7-5-10-4-6-11(14)12(15)9-10/h4,6,9,15H,2-3,5,7-8,14H2,1H3. The number of benzene rings is 1. The van der Waals surface area contributed by atoms with E-state index >= 15 is 0 Å². The van der Waals surface area contributed by atoms with Crippen LogP contribution in [0.4, 0.5) is 5.69 Å². The predicted molar refractivity (Wildman–Crippen MR) is 66.7 cm³/mol. The van der Waals surface area contributed by atoms with Crippen molar-refractivity contribution in [2.75, 3.05) is 12.3 Å². The van der Waals surface area contributed by atoms with Gasteiger partial charge >= 0.3 is 5.97 Å². The van der Waals surface area contributed by atoms with Crippen LogP contribution in [0.5, 0.6) is 5.75 Å². The van der Waals surface area contributed by atoms with Gasteiger partial charge in [-0.2, -0.15) is 0 Å². The second-order valence-corrected chi connectivity index (χ2v) is 3.97. The molecule has 0 saturated carbocycles. The van der Waals surface area contributed by atoms with Crippen LogP contribution in [0.1, 0.15) is 31.7 Å². The molecule has 0 aromatic heterocycles. The summed E-state index contributed by atoms with van der Waals surface area (Å²) in [5.41, 5.74) is 6.71. The fourth-order valence-electron chi connectivity index (χ4n) is 1.39. The Balaban J connectivity index is 2.34. The van der Waals surface area contributed by atoms with Gasteiger partial charge in [0.05, 0.1) is 12.3 Å². The predicted octanol–water partition coefficient (Wildman–Crippen LogP) is 2.25. The van der Waals surface area contributed by atoms with Crippen molar-refractivity contribution < 1.29 is 14.6 Å². The second-order valence-electron chi connectivity index (χ2n) is 3.97. The van der Waals surface area contributed by atoms with Gasteiger partial charge in [-0.15, -0.1) is 0 Å². The lowest BCUT2D eigenvalue weighted by molar-refractivity contribution is -0.143. The molecule has 0 heterocycles. The van der Waals surface area contributed by atoms with E-state index in [2.05, 4.69) is 0 Å². The average Bonchev–Trinajstić information content (AvgIpc) is 2.31. The summed E-state index contributed by atoms with van der Waals surface area (Å²) in [7, 11) is 0. The molecule has 94 valence electrons. The van der Waals surface area contributed by atoms with Crippen LogP contribution < -0.4 is 5.73 Å². The van der Waals surface area contributed by atoms with Gasteiger partial charge in [0.15, 0.2) is 0 Å². The third kappa shape index (κ3) is 4.76. The Labute approximate surface area is 101 Å². The largest absolute Gasteiger partial charge is 0.506 e. The zero-order chi connectivity index (χ0) is 12.7. The molecule has 0 aliphatic rings. The molecule has 0 amide bonds. The van der Waals surface area contributed by atoms with Crippen molar-refractivity contribution in [1.29, 1.82) is 0 Å². The van der Waals surface area contributed by atoms with E-state index < -0.39 is 0 Å². The number of phenolic OH excluding ortho intramolecular Hbond substituents is 1. The number of nitrogen functional groups attached to an aromatic ring is 1. The molecular weight excluding hydrogens is 218 g/mol. The van der Waals surface area contributed by atoms with Crippen molar-refractivity contribution in [3.05, 3.63) is 23.8 Å². The first-order valence-corrected chi connectivity index (χ1v) is 5.86. The van der Waals surface area contributed by atoms with E-state index in [9.17, 15) is 9.90 Å². The number of esters is 1. The molecular formula is C13H19NO3. The molecule has 0 fully saturated rings. The molecule has 0 spiro atoms. The number of anilines is 1. The SMILES string of the molecule is CCCCOC(=O)CCc1ccc(N)c(O)c1. The number of aryl methyl sites for hydroxylation is 1. The number of nitrogens with two attached hydrogens (primary N) is 1. The van der Waals surface area contributed by atoms with Crippen molar-refractivity contribution in [2.45, 2.75) is 32.6 Å². The fourth-order valence-corrected chi connectivity index (χ4v) is 1.39. The van der Waals surface area contributed by atoms with E-state index in [0.29, 0.717) is 25.1 Å². The van der Waals surface area contributed by atoms with Crippen LogP contribution in [0.3, 0.4) is 0 Å². The number of phenols is 1. The first-order valence-electron chi connectivity index (χ1n) is 5.86. The molecule has 0 atom stereocenters. The summed E-state index contributed by atoms with van der Waals surface area (Å²) in [6.07, 6.45) is 2.79. The fraction of sp³-hybridized carbons (Fsp3) is 0.462. The maximum absolute atomic E-state index is 11.3. The lowest BCUT2D eigenvalue weighted by Crippen LogP contribution is -2.06. The molecule has 4 heteroatoms. The number of aromatic hydroxyl groups is 1. The molecule has 1 aromatic carbocycles. The molecule has 4 nitrogen and oxygen atoms in total. The van der Waals surface area contributed by atoms with Crippen LogP contribution in [0.2, 0.25) is 0 Å².